The van der Waals surface area contributed by atoms with Crippen molar-refractivity contribution in [1.82, 2.24) is 5.32 Å². The van der Waals surface area contributed by atoms with E-state index in [0.717, 1.165) is 0 Å². The highest BCUT2D eigenvalue weighted by molar-refractivity contribution is 5.94. The van der Waals surface area contributed by atoms with Crippen LogP contribution in [0, 0.1) is 0 Å². The summed E-state index contributed by atoms with van der Waals surface area (Å²) >= 11 is 0. The normalized spacial score (nSPS) is 9.94. The van der Waals surface area contributed by atoms with E-state index in [9.17, 15) is 13.6 Å². The van der Waals surface area contributed by atoms with Crippen molar-refractivity contribution < 1.29 is 18.3 Å². The van der Waals surface area contributed by atoms with Gasteiger partial charge in [0.1, 0.15) is 5.75 Å². The van der Waals surface area contributed by atoms with Crippen molar-refractivity contribution in [3.63, 3.8) is 0 Å². The Labute approximate surface area is 91.7 Å². The topological polar surface area (TPSA) is 38.3 Å². The third-order valence-electron chi connectivity index (χ3n) is 1.75. The first kappa shape index (κ1) is 12.2. The molecule has 0 aliphatic rings. The molecule has 1 amide bonds. The van der Waals surface area contributed by atoms with Crippen LogP contribution >= 0.6 is 0 Å². The smallest absolute Gasteiger partial charge is 0.387 e. The molecule has 0 unspecified atom stereocenters. The van der Waals surface area contributed by atoms with Gasteiger partial charge in [-0.15, -0.1) is 6.58 Å². The van der Waals surface area contributed by atoms with Crippen molar-refractivity contribution in [3.8, 4) is 5.75 Å². The summed E-state index contributed by atoms with van der Waals surface area (Å²) in [4.78, 5) is 11.4. The lowest BCUT2D eigenvalue weighted by atomic mass is 10.2. The van der Waals surface area contributed by atoms with Gasteiger partial charge in [-0.05, 0) is 24.3 Å². The molecule has 1 aromatic carbocycles. The molecule has 86 valence electrons. The molecule has 0 aliphatic heterocycles. The Morgan fingerprint density at radius 3 is 2.56 bits per heavy atom. The zero-order chi connectivity index (χ0) is 12.0. The van der Waals surface area contributed by atoms with Gasteiger partial charge in [-0.1, -0.05) is 6.08 Å². The molecule has 1 N–H and O–H groups in total. The molecule has 0 atom stereocenters. The van der Waals surface area contributed by atoms with Crippen LogP contribution < -0.4 is 10.1 Å². The Morgan fingerprint density at radius 2 is 2.06 bits per heavy atom. The van der Waals surface area contributed by atoms with E-state index in [0.29, 0.717) is 12.1 Å². The van der Waals surface area contributed by atoms with Gasteiger partial charge in [0.2, 0.25) is 0 Å². The van der Waals surface area contributed by atoms with Gasteiger partial charge in [0, 0.05) is 12.1 Å². The van der Waals surface area contributed by atoms with E-state index in [1.807, 2.05) is 0 Å². The molecular formula is C11H11F2NO2. The molecule has 0 heterocycles. The Kier molecular flexibility index (Phi) is 4.44. The number of nitrogens with one attached hydrogen (secondary N) is 1. The van der Waals surface area contributed by atoms with Crippen LogP contribution in [0.2, 0.25) is 0 Å². The molecule has 0 aromatic heterocycles. The zero-order valence-corrected chi connectivity index (χ0v) is 8.45. The Balaban J connectivity index is 2.63. The van der Waals surface area contributed by atoms with Crippen LogP contribution in [0.25, 0.3) is 0 Å². The summed E-state index contributed by atoms with van der Waals surface area (Å²) in [6.07, 6.45) is 1.55. The number of alkyl halides is 2. The lowest BCUT2D eigenvalue weighted by molar-refractivity contribution is -0.0498. The van der Waals surface area contributed by atoms with Crippen molar-refractivity contribution in [3.05, 3.63) is 42.5 Å². The zero-order valence-electron chi connectivity index (χ0n) is 8.45. The number of carbonyl (C=O) groups excluding carboxylic acids is 1. The quantitative estimate of drug-likeness (QED) is 0.783. The molecule has 0 fully saturated rings. The van der Waals surface area contributed by atoms with Crippen molar-refractivity contribution in [2.24, 2.45) is 0 Å². The number of carbonyl (C=O) groups is 1. The second-order valence-electron chi connectivity index (χ2n) is 2.90. The maximum Gasteiger partial charge on any atom is 0.387 e. The second-order valence-corrected chi connectivity index (χ2v) is 2.90. The van der Waals surface area contributed by atoms with Crippen LogP contribution in [0.15, 0.2) is 36.9 Å². The van der Waals surface area contributed by atoms with E-state index in [4.69, 9.17) is 0 Å². The summed E-state index contributed by atoms with van der Waals surface area (Å²) in [5.74, 6) is -0.265. The number of amides is 1. The fraction of sp³-hybridized carbons (Fsp3) is 0.182. The molecule has 0 bridgehead atoms. The van der Waals surface area contributed by atoms with Gasteiger partial charge >= 0.3 is 6.61 Å². The van der Waals surface area contributed by atoms with E-state index >= 15 is 0 Å². The number of ether oxygens (including phenoxy) is 1. The van der Waals surface area contributed by atoms with Crippen LogP contribution in [-0.2, 0) is 0 Å². The van der Waals surface area contributed by atoms with Gasteiger partial charge in [-0.2, -0.15) is 8.78 Å². The summed E-state index contributed by atoms with van der Waals surface area (Å²) in [5.41, 5.74) is 0.378. The maximum atomic E-state index is 11.8. The van der Waals surface area contributed by atoms with Gasteiger partial charge in [0.05, 0.1) is 0 Å². The number of halogens is 2. The highest BCUT2D eigenvalue weighted by Gasteiger charge is 2.06. The number of hydrogen-bond acceptors (Lipinski definition) is 2. The van der Waals surface area contributed by atoms with E-state index in [2.05, 4.69) is 16.6 Å². The third kappa shape index (κ3) is 3.68. The van der Waals surface area contributed by atoms with Gasteiger partial charge < -0.3 is 10.1 Å². The minimum absolute atomic E-state index is 0.0234. The first-order valence-corrected chi connectivity index (χ1v) is 4.57. The van der Waals surface area contributed by atoms with Crippen molar-refractivity contribution in [2.75, 3.05) is 6.54 Å². The summed E-state index contributed by atoms with van der Waals surface area (Å²) in [6.45, 7) is 0.950. The van der Waals surface area contributed by atoms with Gasteiger partial charge in [0.25, 0.3) is 5.91 Å². The Bertz CT molecular complexity index is 363. The van der Waals surface area contributed by atoms with Crippen LogP contribution in [0.4, 0.5) is 8.78 Å². The molecule has 1 rings (SSSR count). The molecule has 0 saturated heterocycles. The van der Waals surface area contributed by atoms with E-state index in [-0.39, 0.29) is 11.7 Å². The highest BCUT2D eigenvalue weighted by atomic mass is 19.3. The predicted octanol–water partition coefficient (Wildman–Crippen LogP) is 2.20. The van der Waals surface area contributed by atoms with E-state index in [1.165, 1.54) is 24.3 Å². The molecule has 0 spiro atoms. The standard InChI is InChI=1S/C11H11F2NO2/c1-2-7-14-10(15)8-3-5-9(6-4-8)16-11(12)13/h2-6,11H,1,7H2,(H,14,15). The Hall–Kier alpha value is -1.91. The van der Waals surface area contributed by atoms with Crippen molar-refractivity contribution in [2.45, 2.75) is 6.61 Å². The largest absolute Gasteiger partial charge is 0.435 e. The molecule has 5 heteroatoms. The highest BCUT2D eigenvalue weighted by Crippen LogP contribution is 2.14. The lowest BCUT2D eigenvalue weighted by Gasteiger charge is -2.05. The minimum Gasteiger partial charge on any atom is -0.435 e. The van der Waals surface area contributed by atoms with Crippen LogP contribution in [0.3, 0.4) is 0 Å². The maximum absolute atomic E-state index is 11.8. The van der Waals surface area contributed by atoms with Crippen LogP contribution in [0.5, 0.6) is 5.75 Å². The van der Waals surface area contributed by atoms with Crippen molar-refractivity contribution in [1.29, 1.82) is 0 Å². The van der Waals surface area contributed by atoms with Crippen molar-refractivity contribution >= 4 is 5.91 Å². The first-order chi connectivity index (χ1) is 7.63. The van der Waals surface area contributed by atoms with E-state index < -0.39 is 6.61 Å². The first-order valence-electron chi connectivity index (χ1n) is 4.57. The summed E-state index contributed by atoms with van der Waals surface area (Å²) in [6, 6.07) is 5.45. The molecule has 3 nitrogen and oxygen atoms in total. The number of rotatable bonds is 5. The summed E-state index contributed by atoms with van der Waals surface area (Å²) in [7, 11) is 0. The minimum atomic E-state index is -2.86. The Morgan fingerprint density at radius 1 is 1.44 bits per heavy atom. The van der Waals surface area contributed by atoms with Gasteiger partial charge in [-0.3, -0.25) is 4.79 Å². The molecule has 0 saturated carbocycles. The monoisotopic (exact) mass is 227 g/mol. The molecule has 1 aromatic rings. The van der Waals surface area contributed by atoms with Crippen LogP contribution in [-0.4, -0.2) is 19.1 Å². The summed E-state index contributed by atoms with van der Waals surface area (Å²) < 4.78 is 27.8. The number of hydrogen-bond donors (Lipinski definition) is 1. The fourth-order valence-electron chi connectivity index (χ4n) is 1.05. The third-order valence-corrected chi connectivity index (χ3v) is 1.75. The molecule has 0 radical (unpaired) electrons. The molecule has 16 heavy (non-hydrogen) atoms. The number of benzene rings is 1. The lowest BCUT2D eigenvalue weighted by Crippen LogP contribution is -2.22. The SMILES string of the molecule is C=CCNC(=O)c1ccc(OC(F)F)cc1. The van der Waals surface area contributed by atoms with E-state index in [1.54, 1.807) is 6.08 Å². The predicted molar refractivity (Wildman–Crippen MR) is 55.6 cm³/mol. The second kappa shape index (κ2) is 5.85. The molecule has 0 aliphatic carbocycles. The van der Waals surface area contributed by atoms with Gasteiger partial charge in [-0.25, -0.2) is 0 Å². The average Bonchev–Trinajstić information content (AvgIpc) is 2.26. The van der Waals surface area contributed by atoms with Crippen LogP contribution in [0.1, 0.15) is 10.4 Å². The summed E-state index contributed by atoms with van der Waals surface area (Å²) in [5, 5.41) is 2.56. The average molecular weight is 227 g/mol. The fourth-order valence-corrected chi connectivity index (χ4v) is 1.05. The molecular weight excluding hydrogens is 216 g/mol. The van der Waals surface area contributed by atoms with Gasteiger partial charge in [0.15, 0.2) is 0 Å².